The summed E-state index contributed by atoms with van der Waals surface area (Å²) in [6.45, 7) is 0. The second kappa shape index (κ2) is 4.08. The van der Waals surface area contributed by atoms with E-state index in [1.165, 1.54) is 0 Å². The van der Waals surface area contributed by atoms with Crippen LogP contribution in [0.4, 0.5) is 4.79 Å². The molecule has 0 radical (unpaired) electrons. The van der Waals surface area contributed by atoms with Crippen molar-refractivity contribution in [1.82, 2.24) is 15.2 Å². The molecule has 3 N–H and O–H groups in total. The average molecular weight is 197 g/mol. The molecule has 0 saturated carbocycles. The van der Waals surface area contributed by atoms with E-state index in [-0.39, 0.29) is 0 Å². The van der Waals surface area contributed by atoms with Crippen LogP contribution in [0.25, 0.3) is 11.0 Å². The lowest BCUT2D eigenvalue weighted by atomic mass is 10.3. The molecular weight excluding hydrogens is 190 g/mol. The van der Waals surface area contributed by atoms with E-state index in [0.29, 0.717) is 11.0 Å². The molecule has 0 aliphatic carbocycles. The van der Waals surface area contributed by atoms with Crippen molar-refractivity contribution in [3.05, 3.63) is 24.3 Å². The molecule has 0 fully saturated rings. The predicted molar refractivity (Wildman–Crippen MR) is 45.4 cm³/mol. The number of nitrogens with zero attached hydrogens (tertiary/aromatic N) is 3. The lowest BCUT2D eigenvalue weighted by molar-refractivity contribution is 0.137. The lowest BCUT2D eigenvalue weighted by Gasteiger charge is -1.85. The van der Waals surface area contributed by atoms with Crippen LogP contribution in [0.2, 0.25) is 0 Å². The smallest absolute Gasteiger partial charge is 0.450 e. The van der Waals surface area contributed by atoms with Crippen molar-refractivity contribution in [2.45, 2.75) is 0 Å². The van der Waals surface area contributed by atoms with Crippen molar-refractivity contribution in [3.63, 3.8) is 0 Å². The molecule has 0 atom stereocenters. The quantitative estimate of drug-likeness (QED) is 0.541. The number of fused-ring (bicyclic) bond motifs is 1. The van der Waals surface area contributed by atoms with Gasteiger partial charge in [-0.2, -0.15) is 0 Å². The van der Waals surface area contributed by atoms with E-state index >= 15 is 0 Å². The van der Waals surface area contributed by atoms with Crippen molar-refractivity contribution in [2.24, 2.45) is 0 Å². The summed E-state index contributed by atoms with van der Waals surface area (Å²) in [7, 11) is 0. The number of benzene rings is 1. The molecule has 1 aromatic carbocycles. The number of hydrogen-bond donors (Lipinski definition) is 3. The van der Waals surface area contributed by atoms with Crippen LogP contribution in [-0.2, 0) is 0 Å². The molecule has 1 heterocycles. The summed E-state index contributed by atoms with van der Waals surface area (Å²) in [6.07, 6.45) is -1.83. The Morgan fingerprint density at radius 2 is 1.86 bits per heavy atom. The number of carboxylic acid groups (broad SMARTS) is 2. The minimum absolute atomic E-state index is 0.627. The molecule has 0 saturated heterocycles. The number of para-hydroxylation sites is 1. The molecule has 1 aromatic heterocycles. The molecule has 0 aliphatic heterocycles. The van der Waals surface area contributed by atoms with E-state index < -0.39 is 6.16 Å². The SMILES string of the molecule is O=C(O)O.On1nnc2ccccc21. The van der Waals surface area contributed by atoms with Crippen LogP contribution in [0.15, 0.2) is 24.3 Å². The summed E-state index contributed by atoms with van der Waals surface area (Å²) in [5, 5.41) is 30.0. The van der Waals surface area contributed by atoms with Gasteiger partial charge in [-0.3, -0.25) is 0 Å². The summed E-state index contributed by atoms with van der Waals surface area (Å²) in [5.41, 5.74) is 1.33. The Morgan fingerprint density at radius 1 is 1.29 bits per heavy atom. The standard InChI is InChI=1S/C6H5N3O.CH2O3/c10-9-6-4-2-1-3-5(6)7-8-9;2-1(3)4/h1-4,10H;(H2,2,3,4). The summed E-state index contributed by atoms with van der Waals surface area (Å²) in [6, 6.07) is 7.19. The van der Waals surface area contributed by atoms with Crippen LogP contribution in [-0.4, -0.2) is 36.7 Å². The molecule has 14 heavy (non-hydrogen) atoms. The van der Waals surface area contributed by atoms with Gasteiger partial charge < -0.3 is 15.4 Å². The number of rotatable bonds is 0. The minimum Gasteiger partial charge on any atom is -0.450 e. The predicted octanol–water partition coefficient (Wildman–Crippen LogP) is 0.891. The largest absolute Gasteiger partial charge is 0.503 e. The van der Waals surface area contributed by atoms with Gasteiger partial charge in [0.25, 0.3) is 0 Å². The van der Waals surface area contributed by atoms with Gasteiger partial charge in [-0.25, -0.2) is 4.79 Å². The fourth-order valence-corrected chi connectivity index (χ4v) is 0.857. The Morgan fingerprint density at radius 3 is 2.43 bits per heavy atom. The van der Waals surface area contributed by atoms with E-state index in [1.54, 1.807) is 12.1 Å². The van der Waals surface area contributed by atoms with Crippen LogP contribution in [0.1, 0.15) is 0 Å². The molecule has 2 rings (SSSR count). The Bertz CT molecular complexity index is 435. The molecular formula is C7H7N3O4. The highest BCUT2D eigenvalue weighted by atomic mass is 16.6. The third-order valence-electron chi connectivity index (χ3n) is 1.33. The molecule has 74 valence electrons. The normalized spacial score (nSPS) is 9.14. The van der Waals surface area contributed by atoms with E-state index in [1.807, 2.05) is 12.1 Å². The maximum absolute atomic E-state index is 8.95. The zero-order chi connectivity index (χ0) is 10.6. The highest BCUT2D eigenvalue weighted by molar-refractivity contribution is 5.73. The maximum atomic E-state index is 8.95. The van der Waals surface area contributed by atoms with Crippen molar-refractivity contribution in [3.8, 4) is 0 Å². The van der Waals surface area contributed by atoms with Crippen molar-refractivity contribution in [1.29, 1.82) is 0 Å². The lowest BCUT2D eigenvalue weighted by Crippen LogP contribution is -1.90. The Hall–Kier alpha value is -2.31. The van der Waals surface area contributed by atoms with Crippen LogP contribution < -0.4 is 0 Å². The molecule has 2 aromatic rings. The van der Waals surface area contributed by atoms with Gasteiger partial charge in [-0.05, 0) is 17.3 Å². The molecule has 0 spiro atoms. The van der Waals surface area contributed by atoms with Gasteiger partial charge in [0.1, 0.15) is 11.0 Å². The van der Waals surface area contributed by atoms with E-state index in [0.717, 1.165) is 4.85 Å². The van der Waals surface area contributed by atoms with E-state index in [4.69, 9.17) is 20.2 Å². The second-order valence-corrected chi connectivity index (χ2v) is 2.25. The van der Waals surface area contributed by atoms with Crippen LogP contribution in [0.3, 0.4) is 0 Å². The van der Waals surface area contributed by atoms with E-state index in [2.05, 4.69) is 10.3 Å². The van der Waals surface area contributed by atoms with Crippen LogP contribution in [0, 0.1) is 0 Å². The monoisotopic (exact) mass is 197 g/mol. The first-order chi connectivity index (χ1) is 6.61. The third-order valence-corrected chi connectivity index (χ3v) is 1.33. The van der Waals surface area contributed by atoms with Gasteiger partial charge in [0.2, 0.25) is 0 Å². The highest BCUT2D eigenvalue weighted by Gasteiger charge is 1.98. The Balaban J connectivity index is 0.000000213. The van der Waals surface area contributed by atoms with Crippen molar-refractivity contribution >= 4 is 17.2 Å². The van der Waals surface area contributed by atoms with Gasteiger partial charge in [-0.1, -0.05) is 17.0 Å². The zero-order valence-corrected chi connectivity index (χ0v) is 6.90. The summed E-state index contributed by atoms with van der Waals surface area (Å²) >= 11 is 0. The van der Waals surface area contributed by atoms with Gasteiger partial charge in [-0.15, -0.1) is 5.10 Å². The van der Waals surface area contributed by atoms with Crippen LogP contribution in [0.5, 0.6) is 0 Å². The molecule has 7 nitrogen and oxygen atoms in total. The molecule has 0 unspecified atom stereocenters. The van der Waals surface area contributed by atoms with Crippen molar-refractivity contribution < 1.29 is 20.2 Å². The zero-order valence-electron chi connectivity index (χ0n) is 6.90. The van der Waals surface area contributed by atoms with Gasteiger partial charge in [0.15, 0.2) is 0 Å². The molecule has 0 aliphatic rings. The average Bonchev–Trinajstić information content (AvgIpc) is 2.48. The second-order valence-electron chi connectivity index (χ2n) is 2.25. The van der Waals surface area contributed by atoms with Gasteiger partial charge in [0.05, 0.1) is 0 Å². The molecule has 0 bridgehead atoms. The number of carbonyl (C=O) groups is 1. The fraction of sp³-hybridized carbons (Fsp3) is 0. The van der Waals surface area contributed by atoms with E-state index in [9.17, 15) is 0 Å². The van der Waals surface area contributed by atoms with Crippen LogP contribution >= 0.6 is 0 Å². The third kappa shape index (κ3) is 2.34. The first kappa shape index (κ1) is 9.78. The van der Waals surface area contributed by atoms with Gasteiger partial charge >= 0.3 is 6.16 Å². The fourth-order valence-electron chi connectivity index (χ4n) is 0.857. The number of aromatic nitrogens is 3. The van der Waals surface area contributed by atoms with Crippen molar-refractivity contribution in [2.75, 3.05) is 0 Å². The summed E-state index contributed by atoms with van der Waals surface area (Å²) < 4.78 is 0. The van der Waals surface area contributed by atoms with Gasteiger partial charge in [0, 0.05) is 0 Å². The highest BCUT2D eigenvalue weighted by Crippen LogP contribution is 2.06. The Labute approximate surface area is 77.8 Å². The maximum Gasteiger partial charge on any atom is 0.503 e. The first-order valence-electron chi connectivity index (χ1n) is 3.53. The summed E-state index contributed by atoms with van der Waals surface area (Å²) in [5.74, 6) is 0. The summed E-state index contributed by atoms with van der Waals surface area (Å²) in [4.78, 5) is 9.31. The molecule has 0 amide bonds. The minimum atomic E-state index is -1.83. The molecule has 7 heteroatoms. The topological polar surface area (TPSA) is 108 Å². The number of hydrogen-bond acceptors (Lipinski definition) is 4. The first-order valence-corrected chi connectivity index (χ1v) is 3.53. The Kier molecular flexibility index (Phi) is 2.85.